The van der Waals surface area contributed by atoms with E-state index in [9.17, 15) is 22.8 Å². The highest BCUT2D eigenvalue weighted by Crippen LogP contribution is 2.47. The van der Waals surface area contributed by atoms with Gasteiger partial charge >= 0.3 is 6.18 Å². The van der Waals surface area contributed by atoms with E-state index in [1.807, 2.05) is 6.92 Å². The molecule has 0 bridgehead atoms. The van der Waals surface area contributed by atoms with Gasteiger partial charge in [-0.15, -0.1) is 11.8 Å². The molecule has 2 saturated heterocycles. The van der Waals surface area contributed by atoms with E-state index in [1.54, 1.807) is 16.7 Å². The van der Waals surface area contributed by atoms with Crippen molar-refractivity contribution < 1.29 is 22.8 Å². The molecule has 0 radical (unpaired) electrons. The van der Waals surface area contributed by atoms with Crippen LogP contribution < -0.4 is 5.32 Å². The normalized spacial score (nSPS) is 26.6. The van der Waals surface area contributed by atoms with E-state index in [-0.39, 0.29) is 23.2 Å². The van der Waals surface area contributed by atoms with Crippen molar-refractivity contribution in [3.8, 4) is 0 Å². The van der Waals surface area contributed by atoms with Crippen molar-refractivity contribution in [1.82, 2.24) is 10.2 Å². The van der Waals surface area contributed by atoms with Crippen molar-refractivity contribution in [2.24, 2.45) is 0 Å². The number of fused-ring (bicyclic) bond motifs is 1. The van der Waals surface area contributed by atoms with Gasteiger partial charge in [-0.3, -0.25) is 9.59 Å². The fourth-order valence-electron chi connectivity index (χ4n) is 3.13. The Bertz CT molecular complexity index is 662. The Morgan fingerprint density at radius 1 is 1.38 bits per heavy atom. The summed E-state index contributed by atoms with van der Waals surface area (Å²) >= 11 is 1.60. The third-order valence-corrected chi connectivity index (χ3v) is 6.00. The van der Waals surface area contributed by atoms with E-state index >= 15 is 0 Å². The van der Waals surface area contributed by atoms with E-state index < -0.39 is 17.8 Å². The number of benzene rings is 1. The van der Waals surface area contributed by atoms with Crippen molar-refractivity contribution in [2.45, 2.75) is 43.4 Å². The Morgan fingerprint density at radius 2 is 2.04 bits per heavy atom. The molecule has 0 spiro atoms. The van der Waals surface area contributed by atoms with Gasteiger partial charge in [0.2, 0.25) is 11.8 Å². The maximum absolute atomic E-state index is 12.5. The monoisotopic (exact) mass is 358 g/mol. The smallest absolute Gasteiger partial charge is 0.350 e. The first-order chi connectivity index (χ1) is 11.2. The molecular weight excluding hydrogens is 341 g/mol. The molecule has 2 heterocycles. The van der Waals surface area contributed by atoms with Crippen molar-refractivity contribution in [3.63, 3.8) is 0 Å². The van der Waals surface area contributed by atoms with Gasteiger partial charge in [0.15, 0.2) is 0 Å². The predicted molar refractivity (Wildman–Crippen MR) is 84.0 cm³/mol. The molecular formula is C16H17F3N2O2S. The molecule has 130 valence electrons. The Kier molecular flexibility index (Phi) is 4.27. The topological polar surface area (TPSA) is 49.4 Å². The number of halogens is 3. The van der Waals surface area contributed by atoms with Gasteiger partial charge in [-0.1, -0.05) is 12.1 Å². The average molecular weight is 358 g/mol. The van der Waals surface area contributed by atoms with Crippen molar-refractivity contribution in [1.29, 1.82) is 0 Å². The maximum Gasteiger partial charge on any atom is 0.416 e. The van der Waals surface area contributed by atoms with Crippen LogP contribution in [0.3, 0.4) is 0 Å². The highest BCUT2D eigenvalue weighted by molar-refractivity contribution is 8.01. The minimum Gasteiger partial charge on any atom is -0.350 e. The summed E-state index contributed by atoms with van der Waals surface area (Å²) in [5.74, 6) is 0.264. The number of carbonyl (C=O) groups excluding carboxylic acids is 2. The standard InChI is InChI=1S/C16H17F3N2O2S/c1-15-7-6-13(22)21(15)12(9-24-15)14(23)20-8-10-2-4-11(5-3-10)16(17,18)19/h2-5,12H,6-9H2,1H3,(H,20,23). The van der Waals surface area contributed by atoms with E-state index in [2.05, 4.69) is 5.32 Å². The summed E-state index contributed by atoms with van der Waals surface area (Å²) < 4.78 is 37.6. The van der Waals surface area contributed by atoms with Gasteiger partial charge in [-0.2, -0.15) is 13.2 Å². The van der Waals surface area contributed by atoms with Gasteiger partial charge in [-0.05, 0) is 31.0 Å². The summed E-state index contributed by atoms with van der Waals surface area (Å²) in [4.78, 5) is 25.7. The quantitative estimate of drug-likeness (QED) is 0.904. The molecule has 2 fully saturated rings. The molecule has 2 unspecified atom stereocenters. The molecule has 2 amide bonds. The third kappa shape index (κ3) is 3.11. The number of alkyl halides is 3. The molecule has 1 aromatic rings. The first-order valence-corrected chi connectivity index (χ1v) is 8.59. The van der Waals surface area contributed by atoms with Gasteiger partial charge < -0.3 is 10.2 Å². The van der Waals surface area contributed by atoms with Crippen molar-refractivity contribution in [2.75, 3.05) is 5.75 Å². The van der Waals surface area contributed by atoms with Crippen LogP contribution in [-0.2, 0) is 22.3 Å². The first-order valence-electron chi connectivity index (χ1n) is 7.61. The van der Waals surface area contributed by atoms with Gasteiger partial charge in [0, 0.05) is 18.7 Å². The number of nitrogens with one attached hydrogen (secondary N) is 1. The van der Waals surface area contributed by atoms with Gasteiger partial charge in [0.25, 0.3) is 0 Å². The van der Waals surface area contributed by atoms with Crippen molar-refractivity contribution in [3.05, 3.63) is 35.4 Å². The summed E-state index contributed by atoms with van der Waals surface area (Å²) in [6, 6.07) is 4.17. The predicted octanol–water partition coefficient (Wildman–Crippen LogP) is 2.78. The van der Waals surface area contributed by atoms with Crippen LogP contribution in [0.4, 0.5) is 13.2 Å². The van der Waals surface area contributed by atoms with Gasteiger partial charge in [0.05, 0.1) is 10.4 Å². The molecule has 0 aliphatic carbocycles. The number of nitrogens with zero attached hydrogens (tertiary/aromatic N) is 1. The first kappa shape index (κ1) is 17.1. The molecule has 0 aromatic heterocycles. The largest absolute Gasteiger partial charge is 0.416 e. The maximum atomic E-state index is 12.5. The highest BCUT2D eigenvalue weighted by atomic mass is 32.2. The Balaban J connectivity index is 1.61. The van der Waals surface area contributed by atoms with Crippen LogP contribution in [-0.4, -0.2) is 33.4 Å². The molecule has 24 heavy (non-hydrogen) atoms. The zero-order valence-corrected chi connectivity index (χ0v) is 13.8. The zero-order valence-electron chi connectivity index (χ0n) is 13.0. The lowest BCUT2D eigenvalue weighted by molar-refractivity contribution is -0.138. The highest BCUT2D eigenvalue weighted by Gasteiger charge is 2.52. The van der Waals surface area contributed by atoms with Crippen LogP contribution in [0, 0.1) is 0 Å². The summed E-state index contributed by atoms with van der Waals surface area (Å²) in [6.07, 6.45) is -3.19. The fraction of sp³-hybridized carbons (Fsp3) is 0.500. The Hall–Kier alpha value is -1.70. The Labute approximate surface area is 141 Å². The van der Waals surface area contributed by atoms with Crippen LogP contribution in [0.5, 0.6) is 0 Å². The number of rotatable bonds is 3. The van der Waals surface area contributed by atoms with E-state index in [0.717, 1.165) is 18.6 Å². The number of amides is 2. The SMILES string of the molecule is CC12CCC(=O)N1C(C(=O)NCc1ccc(C(F)(F)F)cc1)CS2. The molecule has 2 aliphatic heterocycles. The average Bonchev–Trinajstić information content (AvgIpc) is 3.01. The summed E-state index contributed by atoms with van der Waals surface area (Å²) in [5, 5.41) is 2.72. The molecule has 0 saturated carbocycles. The fourth-order valence-corrected chi connectivity index (χ4v) is 4.57. The number of hydrogen-bond acceptors (Lipinski definition) is 3. The molecule has 1 aromatic carbocycles. The second-order valence-electron chi connectivity index (χ2n) is 6.18. The second-order valence-corrected chi connectivity index (χ2v) is 7.68. The molecule has 4 nitrogen and oxygen atoms in total. The van der Waals surface area contributed by atoms with Crippen LogP contribution in [0.15, 0.2) is 24.3 Å². The summed E-state index contributed by atoms with van der Waals surface area (Å²) in [5.41, 5.74) is -0.138. The molecule has 1 N–H and O–H groups in total. The Morgan fingerprint density at radius 3 is 2.67 bits per heavy atom. The van der Waals surface area contributed by atoms with Crippen LogP contribution in [0.1, 0.15) is 30.9 Å². The summed E-state index contributed by atoms with van der Waals surface area (Å²) in [6.45, 7) is 2.10. The van der Waals surface area contributed by atoms with Gasteiger partial charge in [-0.25, -0.2) is 0 Å². The number of thioether (sulfide) groups is 1. The van der Waals surface area contributed by atoms with E-state index in [4.69, 9.17) is 0 Å². The van der Waals surface area contributed by atoms with Crippen LogP contribution in [0.2, 0.25) is 0 Å². The second kappa shape index (κ2) is 5.98. The van der Waals surface area contributed by atoms with E-state index in [1.165, 1.54) is 12.1 Å². The van der Waals surface area contributed by atoms with Crippen LogP contribution in [0.25, 0.3) is 0 Å². The lowest BCUT2D eigenvalue weighted by Gasteiger charge is -2.29. The number of carbonyl (C=O) groups is 2. The minimum absolute atomic E-state index is 0.0165. The lowest BCUT2D eigenvalue weighted by Crippen LogP contribution is -2.49. The summed E-state index contributed by atoms with van der Waals surface area (Å²) in [7, 11) is 0. The zero-order chi connectivity index (χ0) is 17.5. The molecule has 3 rings (SSSR count). The number of hydrogen-bond donors (Lipinski definition) is 1. The molecule has 8 heteroatoms. The van der Waals surface area contributed by atoms with Crippen LogP contribution >= 0.6 is 11.8 Å². The lowest BCUT2D eigenvalue weighted by atomic mass is 10.1. The molecule has 2 atom stereocenters. The van der Waals surface area contributed by atoms with E-state index in [0.29, 0.717) is 17.7 Å². The van der Waals surface area contributed by atoms with Crippen molar-refractivity contribution >= 4 is 23.6 Å². The molecule has 2 aliphatic rings. The third-order valence-electron chi connectivity index (χ3n) is 4.50. The van der Waals surface area contributed by atoms with Gasteiger partial charge in [0.1, 0.15) is 6.04 Å². The minimum atomic E-state index is -4.37.